The Hall–Kier alpha value is -1.53. The number of rotatable bonds is 2. The summed E-state index contributed by atoms with van der Waals surface area (Å²) in [6.45, 7) is 7.64. The van der Waals surface area contributed by atoms with E-state index in [1.807, 2.05) is 27.7 Å². The number of hydrogen-bond donors (Lipinski definition) is 2. The van der Waals surface area contributed by atoms with Gasteiger partial charge in [0.1, 0.15) is 5.75 Å². The van der Waals surface area contributed by atoms with Crippen LogP contribution < -0.4 is 5.46 Å². The Morgan fingerprint density at radius 2 is 1.63 bits per heavy atom. The standard InChI is InChI=1S/C13H17BO5/c1-12(2)13(3,4)19-14(18-12)9-5-8(11(16)17)6-10(15)7-9/h5-7,15H,1-4H3,(H,16,17). The van der Waals surface area contributed by atoms with Gasteiger partial charge < -0.3 is 19.5 Å². The summed E-state index contributed by atoms with van der Waals surface area (Å²) in [5, 5.41) is 18.6. The summed E-state index contributed by atoms with van der Waals surface area (Å²) in [5.74, 6) is -1.22. The zero-order chi connectivity index (χ0) is 14.4. The summed E-state index contributed by atoms with van der Waals surface area (Å²) in [7, 11) is -0.685. The first-order valence-electron chi connectivity index (χ1n) is 6.05. The van der Waals surface area contributed by atoms with Crippen molar-refractivity contribution in [3.05, 3.63) is 23.8 Å². The molecule has 0 bridgehead atoms. The fourth-order valence-electron chi connectivity index (χ4n) is 1.87. The molecule has 1 aromatic carbocycles. The van der Waals surface area contributed by atoms with Crippen LogP contribution in [0.15, 0.2) is 18.2 Å². The van der Waals surface area contributed by atoms with Crippen molar-refractivity contribution in [2.24, 2.45) is 0 Å². The summed E-state index contributed by atoms with van der Waals surface area (Å²) < 4.78 is 11.6. The Morgan fingerprint density at radius 3 is 2.11 bits per heavy atom. The molecule has 102 valence electrons. The van der Waals surface area contributed by atoms with Crippen LogP contribution in [0.5, 0.6) is 5.75 Å². The number of aromatic hydroxyl groups is 1. The van der Waals surface area contributed by atoms with E-state index in [0.717, 1.165) is 0 Å². The molecule has 0 aromatic heterocycles. The SMILES string of the molecule is CC1(C)OB(c2cc(O)cc(C(=O)O)c2)OC1(C)C. The highest BCUT2D eigenvalue weighted by Crippen LogP contribution is 2.36. The van der Waals surface area contributed by atoms with Gasteiger partial charge in [0.05, 0.1) is 16.8 Å². The van der Waals surface area contributed by atoms with Crippen molar-refractivity contribution in [1.29, 1.82) is 0 Å². The van der Waals surface area contributed by atoms with Gasteiger partial charge in [-0.1, -0.05) is 0 Å². The van der Waals surface area contributed by atoms with E-state index in [9.17, 15) is 9.90 Å². The van der Waals surface area contributed by atoms with Crippen LogP contribution in [0.3, 0.4) is 0 Å². The van der Waals surface area contributed by atoms with Crippen molar-refractivity contribution in [3.8, 4) is 5.75 Å². The van der Waals surface area contributed by atoms with Crippen LogP contribution in [0.2, 0.25) is 0 Å². The molecule has 0 aliphatic carbocycles. The molecule has 2 N–H and O–H groups in total. The average molecular weight is 264 g/mol. The molecular weight excluding hydrogens is 247 g/mol. The first kappa shape index (κ1) is 13.9. The summed E-state index contributed by atoms with van der Waals surface area (Å²) in [5.41, 5.74) is -0.514. The van der Waals surface area contributed by atoms with Crippen molar-refractivity contribution < 1.29 is 24.3 Å². The molecule has 1 aliphatic rings. The van der Waals surface area contributed by atoms with Crippen LogP contribution in [0, 0.1) is 0 Å². The molecule has 0 saturated carbocycles. The van der Waals surface area contributed by atoms with Crippen molar-refractivity contribution in [1.82, 2.24) is 0 Å². The number of carbonyl (C=O) groups is 1. The number of carboxylic acids is 1. The van der Waals surface area contributed by atoms with E-state index in [4.69, 9.17) is 14.4 Å². The summed E-state index contributed by atoms with van der Waals surface area (Å²) in [4.78, 5) is 11.0. The zero-order valence-electron chi connectivity index (χ0n) is 11.4. The minimum atomic E-state index is -1.10. The second-order valence-corrected chi connectivity index (χ2v) is 5.71. The number of phenolic OH excluding ortho intramolecular Hbond substituents is 1. The first-order valence-corrected chi connectivity index (χ1v) is 6.05. The van der Waals surface area contributed by atoms with E-state index in [0.29, 0.717) is 5.46 Å². The van der Waals surface area contributed by atoms with Gasteiger partial charge >= 0.3 is 13.1 Å². The molecule has 19 heavy (non-hydrogen) atoms. The Bertz CT molecular complexity index is 508. The monoisotopic (exact) mass is 264 g/mol. The molecule has 0 amide bonds. The number of benzene rings is 1. The molecule has 0 radical (unpaired) electrons. The smallest absolute Gasteiger partial charge is 0.494 e. The van der Waals surface area contributed by atoms with Crippen molar-refractivity contribution >= 4 is 18.6 Å². The number of aromatic carboxylic acids is 1. The zero-order valence-corrected chi connectivity index (χ0v) is 11.4. The Kier molecular flexibility index (Phi) is 3.11. The average Bonchev–Trinajstić information content (AvgIpc) is 2.47. The third-order valence-electron chi connectivity index (χ3n) is 3.71. The van der Waals surface area contributed by atoms with E-state index in [-0.39, 0.29) is 11.3 Å². The highest BCUT2D eigenvalue weighted by Gasteiger charge is 2.51. The maximum Gasteiger partial charge on any atom is 0.494 e. The van der Waals surface area contributed by atoms with Crippen LogP contribution >= 0.6 is 0 Å². The number of phenols is 1. The molecular formula is C13H17BO5. The molecule has 1 heterocycles. The predicted octanol–water partition coefficient (Wildman–Crippen LogP) is 1.39. The van der Waals surface area contributed by atoms with Crippen molar-refractivity contribution in [2.75, 3.05) is 0 Å². The third kappa shape index (κ3) is 2.46. The largest absolute Gasteiger partial charge is 0.508 e. The summed E-state index contributed by atoms with van der Waals surface area (Å²) in [6.07, 6.45) is 0. The fourth-order valence-corrected chi connectivity index (χ4v) is 1.87. The van der Waals surface area contributed by atoms with Gasteiger partial charge in [-0.05, 0) is 51.4 Å². The molecule has 2 rings (SSSR count). The van der Waals surface area contributed by atoms with Gasteiger partial charge in [-0.25, -0.2) is 4.79 Å². The van der Waals surface area contributed by atoms with Gasteiger partial charge in [-0.2, -0.15) is 0 Å². The first-order chi connectivity index (χ1) is 8.62. The van der Waals surface area contributed by atoms with E-state index in [1.54, 1.807) is 0 Å². The Morgan fingerprint density at radius 1 is 1.11 bits per heavy atom. The van der Waals surface area contributed by atoms with E-state index < -0.39 is 24.3 Å². The summed E-state index contributed by atoms with van der Waals surface area (Å²) >= 11 is 0. The van der Waals surface area contributed by atoms with Gasteiger partial charge in [0, 0.05) is 0 Å². The lowest BCUT2D eigenvalue weighted by atomic mass is 9.78. The maximum absolute atomic E-state index is 11.0. The van der Waals surface area contributed by atoms with Gasteiger partial charge in [0.15, 0.2) is 0 Å². The lowest BCUT2D eigenvalue weighted by Gasteiger charge is -2.32. The normalized spacial score (nSPS) is 20.5. The fraction of sp³-hybridized carbons (Fsp3) is 0.462. The molecule has 1 fully saturated rings. The highest BCUT2D eigenvalue weighted by atomic mass is 16.7. The molecule has 0 spiro atoms. The van der Waals surface area contributed by atoms with E-state index in [2.05, 4.69) is 0 Å². The van der Waals surface area contributed by atoms with Crippen LogP contribution in [-0.4, -0.2) is 34.5 Å². The van der Waals surface area contributed by atoms with Crippen LogP contribution in [0.4, 0.5) is 0 Å². The second kappa shape index (κ2) is 4.25. The van der Waals surface area contributed by atoms with Gasteiger partial charge in [0.25, 0.3) is 0 Å². The topological polar surface area (TPSA) is 76.0 Å². The molecule has 0 atom stereocenters. The van der Waals surface area contributed by atoms with E-state index in [1.165, 1.54) is 18.2 Å². The molecule has 1 saturated heterocycles. The lowest BCUT2D eigenvalue weighted by molar-refractivity contribution is 0.00578. The van der Waals surface area contributed by atoms with Crippen LogP contribution in [-0.2, 0) is 9.31 Å². The van der Waals surface area contributed by atoms with Crippen LogP contribution in [0.1, 0.15) is 38.1 Å². The Labute approximate surface area is 112 Å². The predicted molar refractivity (Wildman–Crippen MR) is 70.8 cm³/mol. The van der Waals surface area contributed by atoms with Crippen LogP contribution in [0.25, 0.3) is 0 Å². The van der Waals surface area contributed by atoms with E-state index >= 15 is 0 Å². The minimum Gasteiger partial charge on any atom is -0.508 e. The second-order valence-electron chi connectivity index (χ2n) is 5.71. The number of carboxylic acid groups (broad SMARTS) is 1. The molecule has 1 aliphatic heterocycles. The van der Waals surface area contributed by atoms with Crippen molar-refractivity contribution in [2.45, 2.75) is 38.9 Å². The quantitative estimate of drug-likeness (QED) is 0.789. The summed E-state index contributed by atoms with van der Waals surface area (Å²) in [6, 6.07) is 4.09. The maximum atomic E-state index is 11.0. The van der Waals surface area contributed by atoms with Gasteiger partial charge in [-0.15, -0.1) is 0 Å². The lowest BCUT2D eigenvalue weighted by Crippen LogP contribution is -2.41. The van der Waals surface area contributed by atoms with Gasteiger partial charge in [-0.3, -0.25) is 0 Å². The Balaban J connectivity index is 2.37. The molecule has 5 nitrogen and oxygen atoms in total. The highest BCUT2D eigenvalue weighted by molar-refractivity contribution is 6.62. The van der Waals surface area contributed by atoms with Gasteiger partial charge in [0.2, 0.25) is 0 Å². The van der Waals surface area contributed by atoms with Crippen molar-refractivity contribution in [3.63, 3.8) is 0 Å². The third-order valence-corrected chi connectivity index (χ3v) is 3.71. The molecule has 6 heteroatoms. The number of hydrogen-bond acceptors (Lipinski definition) is 4. The molecule has 0 unspecified atom stereocenters. The molecule has 1 aromatic rings. The minimum absolute atomic E-state index is 0.00436.